The molecule has 0 N–H and O–H groups in total. The van der Waals surface area contributed by atoms with Crippen molar-refractivity contribution in [1.82, 2.24) is 0 Å². The smallest absolute Gasteiger partial charge is 0.306 e. The van der Waals surface area contributed by atoms with Gasteiger partial charge in [0.05, 0.1) is 0 Å². The van der Waals surface area contributed by atoms with Gasteiger partial charge < -0.3 is 14.2 Å². The summed E-state index contributed by atoms with van der Waals surface area (Å²) < 4.78 is 16.9. The zero-order chi connectivity index (χ0) is 46.3. The minimum absolute atomic E-state index is 0.0641. The van der Waals surface area contributed by atoms with Crippen LogP contribution in [0.4, 0.5) is 0 Å². The molecule has 0 fully saturated rings. The van der Waals surface area contributed by atoms with E-state index in [1.54, 1.807) is 0 Å². The average Bonchev–Trinajstić information content (AvgIpc) is 3.25. The number of carbonyl (C=O) groups is 3. The third-order valence-electron chi connectivity index (χ3n) is 13.3. The summed E-state index contributed by atoms with van der Waals surface area (Å²) in [6.07, 6.45) is 49.4. The molecule has 6 nitrogen and oxygen atoms in total. The summed E-state index contributed by atoms with van der Waals surface area (Å²) in [7, 11) is 0. The molecule has 0 saturated carbocycles. The van der Waals surface area contributed by atoms with Crippen molar-refractivity contribution in [1.29, 1.82) is 0 Å². The Morgan fingerprint density at radius 1 is 0.317 bits per heavy atom. The Labute approximate surface area is 393 Å². The Balaban J connectivity index is 4.30. The summed E-state index contributed by atoms with van der Waals surface area (Å²) in [5, 5.41) is 0. The zero-order valence-electron chi connectivity index (χ0n) is 43.4. The molecule has 6 heteroatoms. The Morgan fingerprint density at radius 3 is 0.825 bits per heavy atom. The van der Waals surface area contributed by atoms with E-state index in [4.69, 9.17) is 14.2 Å². The van der Waals surface area contributed by atoms with E-state index in [1.807, 2.05) is 0 Å². The van der Waals surface area contributed by atoms with Crippen LogP contribution < -0.4 is 0 Å². The largest absolute Gasteiger partial charge is 0.462 e. The van der Waals surface area contributed by atoms with E-state index in [0.29, 0.717) is 19.3 Å². The average molecular weight is 892 g/mol. The predicted octanol–water partition coefficient (Wildman–Crippen LogP) is 18.3. The molecule has 0 radical (unpaired) electrons. The van der Waals surface area contributed by atoms with E-state index in [1.165, 1.54) is 193 Å². The fourth-order valence-electron chi connectivity index (χ4n) is 8.61. The van der Waals surface area contributed by atoms with Crippen molar-refractivity contribution in [2.75, 3.05) is 13.2 Å². The van der Waals surface area contributed by atoms with E-state index in [-0.39, 0.29) is 31.1 Å². The Bertz CT molecular complexity index is 978. The molecule has 0 saturated heterocycles. The summed E-state index contributed by atoms with van der Waals surface area (Å²) in [6.45, 7) is 13.8. The van der Waals surface area contributed by atoms with Crippen molar-refractivity contribution >= 4 is 17.9 Å². The van der Waals surface area contributed by atoms with Gasteiger partial charge in [0.15, 0.2) is 6.10 Å². The van der Waals surface area contributed by atoms with Gasteiger partial charge in [-0.05, 0) is 37.0 Å². The van der Waals surface area contributed by atoms with Crippen LogP contribution in [0.3, 0.4) is 0 Å². The Hall–Kier alpha value is -1.59. The van der Waals surface area contributed by atoms with Gasteiger partial charge in [-0.15, -0.1) is 0 Å². The second kappa shape index (κ2) is 48.3. The maximum Gasteiger partial charge on any atom is 0.306 e. The molecule has 2 atom stereocenters. The van der Waals surface area contributed by atoms with Gasteiger partial charge in [-0.2, -0.15) is 0 Å². The highest BCUT2D eigenvalue weighted by Gasteiger charge is 2.19. The maximum absolute atomic E-state index is 12.8. The number of carbonyl (C=O) groups excluding carboxylic acids is 3. The molecule has 0 bridgehead atoms. The predicted molar refractivity (Wildman–Crippen MR) is 270 cm³/mol. The van der Waals surface area contributed by atoms with Crippen molar-refractivity contribution < 1.29 is 28.6 Å². The van der Waals surface area contributed by atoms with Crippen molar-refractivity contribution in [3.63, 3.8) is 0 Å². The van der Waals surface area contributed by atoms with E-state index < -0.39 is 6.10 Å². The van der Waals surface area contributed by atoms with Crippen molar-refractivity contribution in [3.8, 4) is 0 Å². The SMILES string of the molecule is CCC(C)CCCCCCCCCCC(=O)OC[C@H](COC(=O)CCCCCCCCCCCCCCC(C)C)OC(=O)CCCCCCCCCCCCCCCCCC(C)C. The molecule has 0 heterocycles. The van der Waals surface area contributed by atoms with Crippen LogP contribution in [0, 0.1) is 17.8 Å². The molecule has 0 aliphatic carbocycles. The molecular formula is C57H110O6. The normalized spacial score (nSPS) is 12.6. The molecular weight excluding hydrogens is 781 g/mol. The lowest BCUT2D eigenvalue weighted by Gasteiger charge is -2.18. The number of ether oxygens (including phenoxy) is 3. The number of unbranched alkanes of at least 4 members (excludes halogenated alkanes) is 32. The fraction of sp³-hybridized carbons (Fsp3) is 0.947. The van der Waals surface area contributed by atoms with Crippen LogP contribution in [0.2, 0.25) is 0 Å². The molecule has 0 aromatic carbocycles. The number of rotatable bonds is 50. The fourth-order valence-corrected chi connectivity index (χ4v) is 8.61. The molecule has 0 aromatic rings. The van der Waals surface area contributed by atoms with Crippen LogP contribution in [0.5, 0.6) is 0 Å². The summed E-state index contributed by atoms with van der Waals surface area (Å²) >= 11 is 0. The first-order chi connectivity index (χ1) is 30.6. The van der Waals surface area contributed by atoms with Gasteiger partial charge in [0, 0.05) is 19.3 Å². The minimum Gasteiger partial charge on any atom is -0.462 e. The van der Waals surface area contributed by atoms with Crippen LogP contribution in [0.25, 0.3) is 0 Å². The van der Waals surface area contributed by atoms with Crippen molar-refractivity contribution in [2.24, 2.45) is 17.8 Å². The van der Waals surface area contributed by atoms with Gasteiger partial charge in [-0.1, -0.05) is 273 Å². The molecule has 374 valence electrons. The first-order valence-corrected chi connectivity index (χ1v) is 28.1. The second-order valence-electron chi connectivity index (χ2n) is 20.8. The van der Waals surface area contributed by atoms with Crippen LogP contribution in [-0.2, 0) is 28.6 Å². The molecule has 1 unspecified atom stereocenters. The number of esters is 3. The summed E-state index contributed by atoms with van der Waals surface area (Å²) in [6, 6.07) is 0. The minimum atomic E-state index is -0.763. The van der Waals surface area contributed by atoms with Gasteiger partial charge in [-0.3, -0.25) is 14.4 Å². The lowest BCUT2D eigenvalue weighted by molar-refractivity contribution is -0.167. The van der Waals surface area contributed by atoms with E-state index >= 15 is 0 Å². The second-order valence-corrected chi connectivity index (χ2v) is 20.8. The van der Waals surface area contributed by atoms with Gasteiger partial charge in [-0.25, -0.2) is 0 Å². The molecule has 0 aromatic heterocycles. The van der Waals surface area contributed by atoms with Gasteiger partial charge in [0.2, 0.25) is 0 Å². The third-order valence-corrected chi connectivity index (χ3v) is 13.3. The van der Waals surface area contributed by atoms with Gasteiger partial charge in [0.25, 0.3) is 0 Å². The highest BCUT2D eigenvalue weighted by Crippen LogP contribution is 2.18. The lowest BCUT2D eigenvalue weighted by atomic mass is 9.99. The first-order valence-electron chi connectivity index (χ1n) is 28.1. The van der Waals surface area contributed by atoms with Crippen molar-refractivity contribution in [3.05, 3.63) is 0 Å². The lowest BCUT2D eigenvalue weighted by Crippen LogP contribution is -2.30. The quantitative estimate of drug-likeness (QED) is 0.0344. The van der Waals surface area contributed by atoms with Gasteiger partial charge in [0.1, 0.15) is 13.2 Å². The molecule has 0 aliphatic heterocycles. The van der Waals surface area contributed by atoms with Crippen molar-refractivity contribution in [2.45, 2.75) is 317 Å². The Kier molecular flexibility index (Phi) is 47.1. The highest BCUT2D eigenvalue weighted by molar-refractivity contribution is 5.71. The maximum atomic E-state index is 12.8. The van der Waals surface area contributed by atoms with E-state index in [2.05, 4.69) is 41.5 Å². The topological polar surface area (TPSA) is 78.9 Å². The summed E-state index contributed by atoms with van der Waals surface area (Å²) in [4.78, 5) is 38.1. The van der Waals surface area contributed by atoms with Crippen LogP contribution in [0.15, 0.2) is 0 Å². The van der Waals surface area contributed by atoms with Gasteiger partial charge >= 0.3 is 17.9 Å². The number of hydrogen-bond acceptors (Lipinski definition) is 6. The van der Waals surface area contributed by atoms with Crippen LogP contribution >= 0.6 is 0 Å². The van der Waals surface area contributed by atoms with E-state index in [9.17, 15) is 14.4 Å². The molecule has 0 amide bonds. The molecule has 0 rings (SSSR count). The van der Waals surface area contributed by atoms with E-state index in [0.717, 1.165) is 75.5 Å². The molecule has 0 aliphatic rings. The molecule has 0 spiro atoms. The standard InChI is InChI=1S/C57H110O6/c1-7-53(6)45-39-33-27-23-24-29-35-41-47-56(59)62-50-54(49-61-55(58)46-40-34-28-21-17-14-13-16-20-26-32-38-44-52(4)5)63-57(60)48-42-36-30-22-18-12-10-8-9-11-15-19-25-31-37-43-51(2)3/h51-54H,7-50H2,1-6H3/t53?,54-/m0/s1. The van der Waals surface area contributed by atoms with Crippen LogP contribution in [-0.4, -0.2) is 37.2 Å². The third kappa shape index (κ3) is 49.7. The Morgan fingerprint density at radius 2 is 0.556 bits per heavy atom. The summed E-state index contributed by atoms with van der Waals surface area (Å²) in [5.41, 5.74) is 0. The zero-order valence-corrected chi connectivity index (χ0v) is 43.4. The number of hydrogen-bond donors (Lipinski definition) is 0. The molecule has 63 heavy (non-hydrogen) atoms. The first kappa shape index (κ1) is 61.4. The highest BCUT2D eigenvalue weighted by atomic mass is 16.6. The monoisotopic (exact) mass is 891 g/mol. The summed E-state index contributed by atoms with van der Waals surface area (Å²) in [5.74, 6) is 1.68. The van der Waals surface area contributed by atoms with Crippen LogP contribution in [0.1, 0.15) is 311 Å².